The molecule has 26 heavy (non-hydrogen) atoms. The van der Waals surface area contributed by atoms with E-state index in [0.29, 0.717) is 36.5 Å². The van der Waals surface area contributed by atoms with E-state index in [-0.39, 0.29) is 17.6 Å². The molecule has 7 nitrogen and oxygen atoms in total. The number of thiophene rings is 1. The molecule has 132 valence electrons. The monoisotopic (exact) mass is 367 g/mol. The predicted molar refractivity (Wildman–Crippen MR) is 96.4 cm³/mol. The number of Topliss-reactive ketones (excluding diaryl/α,β-unsaturated/α-hetero) is 1. The van der Waals surface area contributed by atoms with Crippen LogP contribution in [-0.4, -0.2) is 49.9 Å². The number of amides is 1. The Hall–Kier alpha value is -2.87. The SMILES string of the molecule is O=C(c1ccccc1)C1CCN(C(=O)c2sccc2-n2cnnn2)CC1. The van der Waals surface area contributed by atoms with Crippen LogP contribution in [0, 0.1) is 5.92 Å². The van der Waals surface area contributed by atoms with E-state index < -0.39 is 0 Å². The summed E-state index contributed by atoms with van der Waals surface area (Å²) < 4.78 is 1.50. The van der Waals surface area contributed by atoms with Crippen molar-refractivity contribution >= 4 is 23.0 Å². The first-order valence-corrected chi connectivity index (χ1v) is 9.31. The van der Waals surface area contributed by atoms with Crippen LogP contribution in [0.1, 0.15) is 32.9 Å². The van der Waals surface area contributed by atoms with Gasteiger partial charge in [0.25, 0.3) is 5.91 Å². The van der Waals surface area contributed by atoms with Crippen LogP contribution in [0.25, 0.3) is 5.69 Å². The number of ketones is 1. The Balaban J connectivity index is 1.43. The number of hydrogen-bond donors (Lipinski definition) is 0. The molecule has 0 saturated carbocycles. The molecule has 8 heteroatoms. The maximum absolute atomic E-state index is 12.9. The summed E-state index contributed by atoms with van der Waals surface area (Å²) in [6.45, 7) is 1.16. The predicted octanol–water partition coefficient (Wildman–Crippen LogP) is 2.46. The van der Waals surface area contributed by atoms with E-state index in [1.165, 1.54) is 22.3 Å². The summed E-state index contributed by atoms with van der Waals surface area (Å²) in [5.74, 6) is 0.114. The number of hydrogen-bond acceptors (Lipinski definition) is 6. The fourth-order valence-corrected chi connectivity index (χ4v) is 4.09. The van der Waals surface area contributed by atoms with Crippen LogP contribution < -0.4 is 0 Å². The van der Waals surface area contributed by atoms with Crippen LogP contribution in [0.5, 0.6) is 0 Å². The average Bonchev–Trinajstić information content (AvgIpc) is 3.39. The number of rotatable bonds is 4. The molecule has 0 atom stereocenters. The minimum absolute atomic E-state index is 0.0243. The third-order valence-electron chi connectivity index (χ3n) is 4.65. The highest BCUT2D eigenvalue weighted by molar-refractivity contribution is 7.12. The minimum atomic E-state index is -0.0314. The Kier molecular flexibility index (Phi) is 4.57. The van der Waals surface area contributed by atoms with Crippen LogP contribution in [-0.2, 0) is 0 Å². The van der Waals surface area contributed by atoms with Gasteiger partial charge in [-0.05, 0) is 34.7 Å². The number of aromatic nitrogens is 4. The van der Waals surface area contributed by atoms with E-state index in [9.17, 15) is 9.59 Å². The zero-order chi connectivity index (χ0) is 17.9. The van der Waals surface area contributed by atoms with Gasteiger partial charge in [-0.15, -0.1) is 16.4 Å². The van der Waals surface area contributed by atoms with Crippen molar-refractivity contribution < 1.29 is 9.59 Å². The van der Waals surface area contributed by atoms with Gasteiger partial charge in [0.2, 0.25) is 0 Å². The van der Waals surface area contributed by atoms with Crippen molar-refractivity contribution in [2.24, 2.45) is 5.92 Å². The van der Waals surface area contributed by atoms with Crippen molar-refractivity contribution in [2.45, 2.75) is 12.8 Å². The lowest BCUT2D eigenvalue weighted by Crippen LogP contribution is -2.40. The van der Waals surface area contributed by atoms with Gasteiger partial charge in [0, 0.05) is 24.6 Å². The number of benzene rings is 1. The summed E-state index contributed by atoms with van der Waals surface area (Å²) >= 11 is 1.38. The molecule has 1 saturated heterocycles. The van der Waals surface area contributed by atoms with Gasteiger partial charge in [-0.1, -0.05) is 30.3 Å². The molecule has 0 N–H and O–H groups in total. The van der Waals surface area contributed by atoms with E-state index >= 15 is 0 Å². The van der Waals surface area contributed by atoms with Crippen molar-refractivity contribution in [3.63, 3.8) is 0 Å². The lowest BCUT2D eigenvalue weighted by atomic mass is 9.89. The van der Waals surface area contributed by atoms with E-state index in [4.69, 9.17) is 0 Å². The molecule has 3 aromatic rings. The number of tetrazole rings is 1. The molecule has 4 rings (SSSR count). The highest BCUT2D eigenvalue weighted by Crippen LogP contribution is 2.26. The van der Waals surface area contributed by atoms with Crippen LogP contribution in [0.2, 0.25) is 0 Å². The average molecular weight is 367 g/mol. The quantitative estimate of drug-likeness (QED) is 0.662. The van der Waals surface area contributed by atoms with E-state index in [2.05, 4.69) is 15.5 Å². The van der Waals surface area contributed by atoms with E-state index in [1.807, 2.05) is 46.7 Å². The molecule has 1 aromatic carbocycles. The highest BCUT2D eigenvalue weighted by Gasteiger charge is 2.30. The lowest BCUT2D eigenvalue weighted by Gasteiger charge is -2.31. The first-order valence-electron chi connectivity index (χ1n) is 8.43. The number of carbonyl (C=O) groups is 2. The number of piperidine rings is 1. The molecule has 0 bridgehead atoms. The smallest absolute Gasteiger partial charge is 0.266 e. The third-order valence-corrected chi connectivity index (χ3v) is 5.54. The third kappa shape index (κ3) is 3.15. The summed E-state index contributed by atoms with van der Waals surface area (Å²) in [6, 6.07) is 11.2. The van der Waals surface area contributed by atoms with Gasteiger partial charge in [0.1, 0.15) is 11.2 Å². The number of carbonyl (C=O) groups excluding carboxylic acids is 2. The molecule has 3 heterocycles. The lowest BCUT2D eigenvalue weighted by molar-refractivity contribution is 0.0654. The number of likely N-dealkylation sites (tertiary alicyclic amines) is 1. The molecule has 1 aliphatic rings. The summed E-state index contributed by atoms with van der Waals surface area (Å²) in [5.41, 5.74) is 1.43. The Morgan fingerprint density at radius 3 is 2.54 bits per heavy atom. The fraction of sp³-hybridized carbons (Fsp3) is 0.278. The van der Waals surface area contributed by atoms with Gasteiger partial charge in [0.05, 0.1) is 5.69 Å². The molecular formula is C18H17N5O2S. The topological polar surface area (TPSA) is 81.0 Å². The van der Waals surface area contributed by atoms with Gasteiger partial charge in [-0.2, -0.15) is 4.68 Å². The van der Waals surface area contributed by atoms with Gasteiger partial charge in [-0.25, -0.2) is 0 Å². The van der Waals surface area contributed by atoms with Crippen LogP contribution in [0.3, 0.4) is 0 Å². The minimum Gasteiger partial charge on any atom is -0.338 e. The van der Waals surface area contributed by atoms with Crippen molar-refractivity contribution in [1.82, 2.24) is 25.1 Å². The van der Waals surface area contributed by atoms with Crippen molar-refractivity contribution in [2.75, 3.05) is 13.1 Å². The summed E-state index contributed by atoms with van der Waals surface area (Å²) in [6.07, 6.45) is 2.85. The van der Waals surface area contributed by atoms with Gasteiger partial charge in [0.15, 0.2) is 5.78 Å². The molecule has 2 aromatic heterocycles. The van der Waals surface area contributed by atoms with E-state index in [0.717, 1.165) is 5.56 Å². The first-order chi connectivity index (χ1) is 12.7. The molecule has 1 amide bonds. The normalized spacial score (nSPS) is 15.2. The molecule has 0 unspecified atom stereocenters. The van der Waals surface area contributed by atoms with Crippen molar-refractivity contribution in [1.29, 1.82) is 0 Å². The molecule has 0 spiro atoms. The molecule has 0 radical (unpaired) electrons. The summed E-state index contributed by atoms with van der Waals surface area (Å²) in [7, 11) is 0. The first kappa shape index (κ1) is 16.6. The van der Waals surface area contributed by atoms with E-state index in [1.54, 1.807) is 0 Å². The Morgan fingerprint density at radius 1 is 1.08 bits per heavy atom. The maximum atomic E-state index is 12.9. The second-order valence-corrected chi connectivity index (χ2v) is 7.10. The second kappa shape index (κ2) is 7.17. The second-order valence-electron chi connectivity index (χ2n) is 6.19. The van der Waals surface area contributed by atoms with Crippen molar-refractivity contribution in [3.05, 3.63) is 58.5 Å². The molecule has 0 aliphatic carbocycles. The standard InChI is InChI=1S/C18H17N5O2S/c24-16(13-4-2-1-3-5-13)14-6-9-22(10-7-14)18(25)17-15(8-11-26-17)23-12-19-20-21-23/h1-5,8,11-12,14H,6-7,9-10H2. The van der Waals surface area contributed by atoms with Crippen molar-refractivity contribution in [3.8, 4) is 5.69 Å². The molecule has 1 fully saturated rings. The molecule has 1 aliphatic heterocycles. The maximum Gasteiger partial charge on any atom is 0.266 e. The Bertz CT molecular complexity index is 899. The van der Waals surface area contributed by atoms with Gasteiger partial charge in [-0.3, -0.25) is 9.59 Å². The zero-order valence-electron chi connectivity index (χ0n) is 14.0. The zero-order valence-corrected chi connectivity index (χ0v) is 14.8. The highest BCUT2D eigenvalue weighted by atomic mass is 32.1. The fourth-order valence-electron chi connectivity index (χ4n) is 3.24. The largest absolute Gasteiger partial charge is 0.338 e. The van der Waals surface area contributed by atoms with Gasteiger partial charge >= 0.3 is 0 Å². The van der Waals surface area contributed by atoms with Crippen LogP contribution in [0.15, 0.2) is 48.1 Å². The number of nitrogens with zero attached hydrogens (tertiary/aromatic N) is 5. The summed E-state index contributed by atoms with van der Waals surface area (Å²) in [4.78, 5) is 27.9. The van der Waals surface area contributed by atoms with Gasteiger partial charge < -0.3 is 4.90 Å². The van der Waals surface area contributed by atoms with Crippen LogP contribution >= 0.6 is 11.3 Å². The molecular weight excluding hydrogens is 350 g/mol. The Labute approximate surface area is 154 Å². The van der Waals surface area contributed by atoms with Crippen LogP contribution in [0.4, 0.5) is 0 Å². The Morgan fingerprint density at radius 2 is 1.85 bits per heavy atom. The summed E-state index contributed by atoms with van der Waals surface area (Å²) in [5, 5.41) is 13.0.